The average Bonchev–Trinajstić information content (AvgIpc) is 3.90. The van der Waals surface area contributed by atoms with Crippen LogP contribution in [-0.2, 0) is 0 Å². The third-order valence-corrected chi connectivity index (χ3v) is 10.6. The summed E-state index contributed by atoms with van der Waals surface area (Å²) < 4.78 is 19.1. The van der Waals surface area contributed by atoms with Gasteiger partial charge >= 0.3 is 0 Å². The maximum Gasteiger partial charge on any atom is 0.137 e. The van der Waals surface area contributed by atoms with E-state index in [0.717, 1.165) is 106 Å². The van der Waals surface area contributed by atoms with Gasteiger partial charge in [-0.15, -0.1) is 0 Å². The number of anilines is 6. The molecule has 0 N–H and O–H groups in total. The van der Waals surface area contributed by atoms with Gasteiger partial charge in [0.1, 0.15) is 33.5 Å². The maximum absolute atomic E-state index is 6.39. The first-order valence-electron chi connectivity index (χ1n) is 18.2. The second-order valence-electron chi connectivity index (χ2n) is 13.8. The lowest BCUT2D eigenvalue weighted by Gasteiger charge is -2.30. The molecule has 0 amide bonds. The van der Waals surface area contributed by atoms with Crippen molar-refractivity contribution in [2.45, 2.75) is 6.92 Å². The second kappa shape index (κ2) is 11.9. The van der Waals surface area contributed by atoms with Crippen LogP contribution >= 0.6 is 0 Å². The third-order valence-electron chi connectivity index (χ3n) is 10.6. The normalized spacial score (nSPS) is 11.8. The van der Waals surface area contributed by atoms with Crippen LogP contribution in [0.15, 0.2) is 189 Å². The van der Waals surface area contributed by atoms with E-state index in [1.165, 1.54) is 0 Å². The zero-order chi connectivity index (χ0) is 35.8. The van der Waals surface area contributed by atoms with Gasteiger partial charge in [-0.05, 0) is 97.4 Å². The predicted molar refractivity (Wildman–Crippen MR) is 222 cm³/mol. The molecule has 0 atom stereocenters. The molecule has 11 aromatic rings. The van der Waals surface area contributed by atoms with Crippen LogP contribution in [0, 0.1) is 6.92 Å². The molecule has 0 radical (unpaired) electrons. The van der Waals surface area contributed by atoms with Crippen LogP contribution in [0.3, 0.4) is 0 Å². The fourth-order valence-electron chi connectivity index (χ4n) is 8.04. The number of aryl methyl sites for hydroxylation is 1. The molecule has 0 unspecified atom stereocenters. The highest BCUT2D eigenvalue weighted by Crippen LogP contribution is 2.44. The molecule has 0 aliphatic carbocycles. The highest BCUT2D eigenvalue weighted by atomic mass is 16.3. The summed E-state index contributed by atoms with van der Waals surface area (Å²) in [5, 5.41) is 6.62. The van der Waals surface area contributed by atoms with E-state index in [9.17, 15) is 0 Å². The fourth-order valence-corrected chi connectivity index (χ4v) is 8.04. The van der Waals surface area contributed by atoms with E-state index in [4.69, 9.17) is 13.3 Å². The summed E-state index contributed by atoms with van der Waals surface area (Å²) in [5.74, 6) is 0. The van der Waals surface area contributed by atoms with Crippen LogP contribution in [0.2, 0.25) is 0 Å². The monoisotopic (exact) mass is 696 g/mol. The van der Waals surface area contributed by atoms with E-state index in [-0.39, 0.29) is 0 Å². The van der Waals surface area contributed by atoms with Crippen molar-refractivity contribution in [2.75, 3.05) is 9.80 Å². The van der Waals surface area contributed by atoms with E-state index >= 15 is 0 Å². The summed E-state index contributed by atoms with van der Waals surface area (Å²) in [4.78, 5) is 4.58. The number of fused-ring (bicyclic) bond motifs is 9. The van der Waals surface area contributed by atoms with Gasteiger partial charge in [0.15, 0.2) is 0 Å². The number of hydrogen-bond acceptors (Lipinski definition) is 5. The average molecular weight is 697 g/mol. The Bertz CT molecular complexity index is 3090. The Labute approximate surface area is 310 Å². The standard InChI is InChI=1S/C49H32N2O3/c1-31-27-33(22-26-43(31)51(32-11-3-2-4-12-32)36-21-25-42-39-15-7-10-18-46(39)54-49(42)30-36)50(34-19-23-40-37-13-5-8-16-44(37)52-47(40)28-34)35-20-24-41-38-14-6-9-17-45(38)53-48(41)29-35/h2-30H,1H3. The molecular formula is C49H32N2O3. The lowest BCUT2D eigenvalue weighted by atomic mass is 10.1. The van der Waals surface area contributed by atoms with Crippen molar-refractivity contribution in [3.63, 3.8) is 0 Å². The molecule has 5 heteroatoms. The van der Waals surface area contributed by atoms with E-state index in [2.05, 4.69) is 156 Å². The van der Waals surface area contributed by atoms with Crippen molar-refractivity contribution < 1.29 is 13.3 Å². The molecular weight excluding hydrogens is 665 g/mol. The van der Waals surface area contributed by atoms with E-state index in [1.807, 2.05) is 36.4 Å². The molecule has 5 nitrogen and oxygen atoms in total. The molecule has 0 fully saturated rings. The Kier molecular flexibility index (Phi) is 6.70. The van der Waals surface area contributed by atoms with Gasteiger partial charge in [-0.1, -0.05) is 72.8 Å². The van der Waals surface area contributed by atoms with Gasteiger partial charge in [0, 0.05) is 84.6 Å². The molecule has 8 aromatic carbocycles. The quantitative estimate of drug-likeness (QED) is 0.173. The summed E-state index contributed by atoms with van der Waals surface area (Å²) in [7, 11) is 0. The van der Waals surface area contributed by atoms with Crippen LogP contribution in [-0.4, -0.2) is 0 Å². The van der Waals surface area contributed by atoms with Gasteiger partial charge in [0.2, 0.25) is 0 Å². The molecule has 3 heterocycles. The second-order valence-corrected chi connectivity index (χ2v) is 13.8. The van der Waals surface area contributed by atoms with Gasteiger partial charge in [0.05, 0.1) is 0 Å². The Morgan fingerprint density at radius 3 is 1.13 bits per heavy atom. The highest BCUT2D eigenvalue weighted by molar-refractivity contribution is 6.08. The first-order valence-corrected chi connectivity index (χ1v) is 18.2. The number of benzene rings is 8. The van der Waals surface area contributed by atoms with Crippen LogP contribution < -0.4 is 9.80 Å². The first-order chi connectivity index (χ1) is 26.7. The minimum atomic E-state index is 0.841. The Balaban J connectivity index is 1.08. The first kappa shape index (κ1) is 30.4. The minimum Gasteiger partial charge on any atom is -0.456 e. The molecule has 0 aliphatic rings. The highest BCUT2D eigenvalue weighted by Gasteiger charge is 2.21. The van der Waals surface area contributed by atoms with Gasteiger partial charge in [-0.2, -0.15) is 0 Å². The largest absolute Gasteiger partial charge is 0.456 e. The molecule has 0 saturated carbocycles. The zero-order valence-electron chi connectivity index (χ0n) is 29.4. The van der Waals surface area contributed by atoms with Crippen molar-refractivity contribution in [2.24, 2.45) is 0 Å². The lowest BCUT2D eigenvalue weighted by molar-refractivity contribution is 0.668. The molecule has 0 spiro atoms. The van der Waals surface area contributed by atoms with Gasteiger partial charge in [-0.25, -0.2) is 0 Å². The van der Waals surface area contributed by atoms with E-state index in [0.29, 0.717) is 0 Å². The SMILES string of the molecule is Cc1cc(N(c2ccc3c(c2)oc2ccccc23)c2ccc3c(c2)oc2ccccc23)ccc1N(c1ccccc1)c1ccc2c(c1)oc1ccccc12. The topological polar surface area (TPSA) is 45.9 Å². The number of furan rings is 3. The molecule has 0 bridgehead atoms. The minimum absolute atomic E-state index is 0.841. The molecule has 54 heavy (non-hydrogen) atoms. The lowest BCUT2D eigenvalue weighted by Crippen LogP contribution is -2.13. The van der Waals surface area contributed by atoms with E-state index < -0.39 is 0 Å². The summed E-state index contributed by atoms with van der Waals surface area (Å²) in [6, 6.07) is 61.2. The van der Waals surface area contributed by atoms with Crippen molar-refractivity contribution in [1.82, 2.24) is 0 Å². The number of hydrogen-bond donors (Lipinski definition) is 0. The third kappa shape index (κ3) is 4.79. The van der Waals surface area contributed by atoms with Crippen LogP contribution in [0.5, 0.6) is 0 Å². The van der Waals surface area contributed by atoms with Crippen LogP contribution in [0.25, 0.3) is 65.8 Å². The predicted octanol–water partition coefficient (Wildman–Crippen LogP) is 14.6. The smallest absolute Gasteiger partial charge is 0.137 e. The Morgan fingerprint density at radius 1 is 0.296 bits per heavy atom. The van der Waals surface area contributed by atoms with Crippen molar-refractivity contribution in [3.05, 3.63) is 181 Å². The summed E-state index contributed by atoms with van der Waals surface area (Å²) in [6.07, 6.45) is 0. The van der Waals surface area contributed by atoms with E-state index in [1.54, 1.807) is 0 Å². The van der Waals surface area contributed by atoms with Crippen molar-refractivity contribution in [3.8, 4) is 0 Å². The van der Waals surface area contributed by atoms with Gasteiger partial charge in [0.25, 0.3) is 0 Å². The van der Waals surface area contributed by atoms with Crippen LogP contribution in [0.4, 0.5) is 34.1 Å². The van der Waals surface area contributed by atoms with Crippen molar-refractivity contribution >= 4 is 99.9 Å². The summed E-state index contributed by atoms with van der Waals surface area (Å²) in [6.45, 7) is 2.18. The Hall–Kier alpha value is -7.24. The maximum atomic E-state index is 6.39. The molecule has 11 rings (SSSR count). The summed E-state index contributed by atoms with van der Waals surface area (Å²) >= 11 is 0. The van der Waals surface area contributed by atoms with Gasteiger partial charge in [-0.3, -0.25) is 0 Å². The Morgan fingerprint density at radius 2 is 0.667 bits per heavy atom. The van der Waals surface area contributed by atoms with Crippen molar-refractivity contribution in [1.29, 1.82) is 0 Å². The fraction of sp³-hybridized carbons (Fsp3) is 0.0204. The molecule has 0 saturated heterocycles. The molecule has 256 valence electrons. The number of rotatable bonds is 6. The summed E-state index contributed by atoms with van der Waals surface area (Å²) in [5.41, 5.74) is 12.4. The molecule has 3 aromatic heterocycles. The number of para-hydroxylation sites is 4. The van der Waals surface area contributed by atoms with Gasteiger partial charge < -0.3 is 23.1 Å². The zero-order valence-corrected chi connectivity index (χ0v) is 29.4. The number of nitrogens with zero attached hydrogens (tertiary/aromatic N) is 2. The molecule has 0 aliphatic heterocycles. The van der Waals surface area contributed by atoms with Crippen LogP contribution in [0.1, 0.15) is 5.56 Å².